The molecule has 1 N–H and O–H groups in total. The number of nitro benzene ring substituents is 1. The fourth-order valence-corrected chi connectivity index (χ4v) is 3.59. The third-order valence-corrected chi connectivity index (χ3v) is 5.20. The van der Waals surface area contributed by atoms with Crippen molar-refractivity contribution in [2.75, 3.05) is 55.7 Å². The van der Waals surface area contributed by atoms with Crippen LogP contribution in [0.25, 0.3) is 0 Å². The van der Waals surface area contributed by atoms with Gasteiger partial charge in [0.25, 0.3) is 11.6 Å². The fourth-order valence-electron chi connectivity index (χ4n) is 3.59. The Morgan fingerprint density at radius 3 is 2.67 bits per heavy atom. The number of ether oxygens (including phenoxy) is 1. The Hall–Kier alpha value is -3.13. The Balaban J connectivity index is 1.71. The van der Waals surface area contributed by atoms with E-state index in [1.165, 1.54) is 17.7 Å². The van der Waals surface area contributed by atoms with Crippen LogP contribution in [0.1, 0.15) is 22.8 Å². The lowest BCUT2D eigenvalue weighted by Gasteiger charge is -2.30. The normalized spacial score (nSPS) is 13.7. The maximum Gasteiger partial charge on any atom is 0.270 e. The number of aryl methyl sites for hydroxylation is 1. The average Bonchev–Trinajstić information content (AvgIpc) is 2.76. The largest absolute Gasteiger partial charge is 0.378 e. The van der Waals surface area contributed by atoms with E-state index in [4.69, 9.17) is 4.74 Å². The molecule has 0 aliphatic carbocycles. The van der Waals surface area contributed by atoms with Crippen LogP contribution in [0.2, 0.25) is 0 Å². The van der Waals surface area contributed by atoms with Crippen LogP contribution in [-0.2, 0) is 4.74 Å². The summed E-state index contributed by atoms with van der Waals surface area (Å²) >= 11 is 0. The molecule has 0 unspecified atom stereocenters. The minimum atomic E-state index is -0.476. The van der Waals surface area contributed by atoms with Gasteiger partial charge in [-0.05, 0) is 37.6 Å². The first kappa shape index (κ1) is 21.6. The number of likely N-dealkylation sites (N-methyl/N-ethyl adjacent to an activating group) is 1. The van der Waals surface area contributed by atoms with Crippen LogP contribution in [0.3, 0.4) is 0 Å². The van der Waals surface area contributed by atoms with Crippen molar-refractivity contribution in [2.24, 2.45) is 0 Å². The molecule has 0 spiro atoms. The number of hydrogen-bond acceptors (Lipinski definition) is 6. The molecular weight excluding hydrogens is 384 g/mol. The van der Waals surface area contributed by atoms with Gasteiger partial charge in [-0.25, -0.2) is 0 Å². The summed E-state index contributed by atoms with van der Waals surface area (Å²) in [5.74, 6) is -0.305. The molecule has 2 aromatic rings. The van der Waals surface area contributed by atoms with Crippen LogP contribution >= 0.6 is 0 Å². The summed E-state index contributed by atoms with van der Waals surface area (Å²) in [5, 5.41) is 14.2. The van der Waals surface area contributed by atoms with Crippen molar-refractivity contribution in [1.82, 2.24) is 5.32 Å². The van der Waals surface area contributed by atoms with Gasteiger partial charge in [-0.3, -0.25) is 14.9 Å². The van der Waals surface area contributed by atoms with Crippen LogP contribution in [-0.4, -0.2) is 56.8 Å². The SMILES string of the molecule is CCN(CCNC(=O)c1cc([N+](=O)[O-])ccc1N1CCOCC1)c1cccc(C)c1. The first-order valence-electron chi connectivity index (χ1n) is 10.2. The van der Waals surface area contributed by atoms with E-state index >= 15 is 0 Å². The Bertz CT molecular complexity index is 896. The first-order chi connectivity index (χ1) is 14.5. The summed E-state index contributed by atoms with van der Waals surface area (Å²) < 4.78 is 5.38. The average molecular weight is 412 g/mol. The van der Waals surface area contributed by atoms with Gasteiger partial charge in [-0.1, -0.05) is 12.1 Å². The number of rotatable bonds is 8. The second kappa shape index (κ2) is 10.1. The molecule has 8 nitrogen and oxygen atoms in total. The predicted octanol–water partition coefficient (Wildman–Crippen LogP) is 3.00. The molecule has 2 aromatic carbocycles. The van der Waals surface area contributed by atoms with Crippen LogP contribution in [0, 0.1) is 17.0 Å². The lowest BCUT2D eigenvalue weighted by molar-refractivity contribution is -0.384. The van der Waals surface area contributed by atoms with Gasteiger partial charge in [0, 0.05) is 50.5 Å². The second-order valence-corrected chi connectivity index (χ2v) is 7.23. The van der Waals surface area contributed by atoms with E-state index in [9.17, 15) is 14.9 Å². The third-order valence-electron chi connectivity index (χ3n) is 5.20. The number of morpholine rings is 1. The highest BCUT2D eigenvalue weighted by Crippen LogP contribution is 2.26. The molecule has 0 aromatic heterocycles. The molecule has 1 heterocycles. The molecule has 0 radical (unpaired) electrons. The van der Waals surface area contributed by atoms with Gasteiger partial charge in [0.05, 0.1) is 29.4 Å². The van der Waals surface area contributed by atoms with Crippen molar-refractivity contribution < 1.29 is 14.5 Å². The molecule has 0 bridgehead atoms. The number of anilines is 2. The minimum Gasteiger partial charge on any atom is -0.378 e. The number of nitro groups is 1. The van der Waals surface area contributed by atoms with Gasteiger partial charge >= 0.3 is 0 Å². The number of nitrogens with one attached hydrogen (secondary N) is 1. The van der Waals surface area contributed by atoms with E-state index in [1.54, 1.807) is 6.07 Å². The zero-order valence-corrected chi connectivity index (χ0v) is 17.5. The highest BCUT2D eigenvalue weighted by atomic mass is 16.6. The summed E-state index contributed by atoms with van der Waals surface area (Å²) in [6.45, 7) is 8.45. The Morgan fingerprint density at radius 2 is 2.00 bits per heavy atom. The number of benzene rings is 2. The molecule has 0 atom stereocenters. The minimum absolute atomic E-state index is 0.0906. The fraction of sp³-hybridized carbons (Fsp3) is 0.409. The molecule has 1 aliphatic rings. The zero-order chi connectivity index (χ0) is 21.5. The number of carbonyl (C=O) groups excluding carboxylic acids is 1. The quantitative estimate of drug-likeness (QED) is 0.530. The molecular formula is C22H28N4O4. The number of amides is 1. The van der Waals surface area contributed by atoms with E-state index in [0.29, 0.717) is 50.6 Å². The van der Waals surface area contributed by atoms with E-state index < -0.39 is 4.92 Å². The third kappa shape index (κ3) is 5.27. The van der Waals surface area contributed by atoms with Gasteiger partial charge in [-0.2, -0.15) is 0 Å². The lowest BCUT2D eigenvalue weighted by atomic mass is 10.1. The van der Waals surface area contributed by atoms with Gasteiger partial charge in [0.1, 0.15) is 0 Å². The van der Waals surface area contributed by atoms with E-state index in [2.05, 4.69) is 42.3 Å². The summed E-state index contributed by atoms with van der Waals surface area (Å²) in [4.78, 5) is 27.9. The molecule has 3 rings (SSSR count). The van der Waals surface area contributed by atoms with Crippen molar-refractivity contribution in [2.45, 2.75) is 13.8 Å². The summed E-state index contributed by atoms with van der Waals surface area (Å²) in [6, 6.07) is 12.7. The van der Waals surface area contributed by atoms with Gasteiger partial charge < -0.3 is 19.9 Å². The van der Waals surface area contributed by atoms with E-state index in [-0.39, 0.29) is 11.6 Å². The summed E-state index contributed by atoms with van der Waals surface area (Å²) in [6.07, 6.45) is 0. The number of carbonyl (C=O) groups is 1. The monoisotopic (exact) mass is 412 g/mol. The van der Waals surface area contributed by atoms with Crippen LogP contribution < -0.4 is 15.1 Å². The van der Waals surface area contributed by atoms with E-state index in [1.807, 2.05) is 11.0 Å². The number of non-ortho nitro benzene ring substituents is 1. The lowest BCUT2D eigenvalue weighted by Crippen LogP contribution is -2.39. The maximum atomic E-state index is 12.9. The highest BCUT2D eigenvalue weighted by molar-refractivity contribution is 6.00. The van der Waals surface area contributed by atoms with Gasteiger partial charge in [-0.15, -0.1) is 0 Å². The molecule has 0 saturated carbocycles. The Labute approximate surface area is 176 Å². The standard InChI is InChI=1S/C22H28N4O4/c1-3-24(18-6-4-5-17(2)15-18)10-9-23-22(27)20-16-19(26(28)29)7-8-21(20)25-11-13-30-14-12-25/h4-8,15-16H,3,9-14H2,1-2H3,(H,23,27). The van der Waals surface area contributed by atoms with Crippen molar-refractivity contribution >= 4 is 23.0 Å². The van der Waals surface area contributed by atoms with Crippen LogP contribution in [0.4, 0.5) is 17.1 Å². The molecule has 1 fully saturated rings. The topological polar surface area (TPSA) is 88.0 Å². The Morgan fingerprint density at radius 1 is 1.23 bits per heavy atom. The first-order valence-corrected chi connectivity index (χ1v) is 10.2. The molecule has 160 valence electrons. The highest BCUT2D eigenvalue weighted by Gasteiger charge is 2.22. The van der Waals surface area contributed by atoms with Crippen molar-refractivity contribution in [3.05, 3.63) is 63.7 Å². The predicted molar refractivity (Wildman–Crippen MR) is 118 cm³/mol. The molecule has 1 amide bonds. The van der Waals surface area contributed by atoms with Crippen molar-refractivity contribution in [3.63, 3.8) is 0 Å². The van der Waals surface area contributed by atoms with E-state index in [0.717, 1.165) is 12.2 Å². The van der Waals surface area contributed by atoms with Gasteiger partial charge in [0.2, 0.25) is 0 Å². The second-order valence-electron chi connectivity index (χ2n) is 7.23. The zero-order valence-electron chi connectivity index (χ0n) is 17.5. The van der Waals surface area contributed by atoms with Crippen molar-refractivity contribution in [3.8, 4) is 0 Å². The van der Waals surface area contributed by atoms with Crippen molar-refractivity contribution in [1.29, 1.82) is 0 Å². The number of hydrogen-bond donors (Lipinski definition) is 1. The molecule has 8 heteroatoms. The van der Waals surface area contributed by atoms with Crippen LogP contribution in [0.15, 0.2) is 42.5 Å². The maximum absolute atomic E-state index is 12.9. The van der Waals surface area contributed by atoms with Gasteiger partial charge in [0.15, 0.2) is 0 Å². The molecule has 30 heavy (non-hydrogen) atoms. The number of nitrogens with zero attached hydrogens (tertiary/aromatic N) is 3. The Kier molecular flexibility index (Phi) is 7.24. The molecule has 1 aliphatic heterocycles. The summed E-state index contributed by atoms with van der Waals surface area (Å²) in [7, 11) is 0. The smallest absolute Gasteiger partial charge is 0.270 e. The molecule has 1 saturated heterocycles. The summed E-state index contributed by atoms with van der Waals surface area (Å²) in [5.41, 5.74) is 3.22. The van der Waals surface area contributed by atoms with Crippen LogP contribution in [0.5, 0.6) is 0 Å².